The van der Waals surface area contributed by atoms with Crippen LogP contribution in [0, 0.1) is 0 Å². The second-order valence-electron chi connectivity index (χ2n) is 4.13. The van der Waals surface area contributed by atoms with Crippen LogP contribution in [0.1, 0.15) is 12.8 Å². The van der Waals surface area contributed by atoms with E-state index < -0.39 is 21.0 Å². The van der Waals surface area contributed by atoms with E-state index >= 15 is 0 Å². The molecule has 0 radical (unpaired) electrons. The molecule has 0 aliphatic carbocycles. The van der Waals surface area contributed by atoms with E-state index in [4.69, 9.17) is 25.3 Å². The second-order valence-corrected chi connectivity index (χ2v) is 7.71. The van der Waals surface area contributed by atoms with Gasteiger partial charge >= 0.3 is 15.2 Å². The molecular formula is C8H23N3O6P2. The van der Waals surface area contributed by atoms with Crippen LogP contribution in [0.3, 0.4) is 0 Å². The lowest BCUT2D eigenvalue weighted by molar-refractivity contribution is 0.337. The quantitative estimate of drug-likeness (QED) is 0.179. The number of nitrogens with one attached hydrogen (secondary N) is 2. The molecule has 9 nitrogen and oxygen atoms in total. The molecule has 11 heteroatoms. The molecule has 0 spiro atoms. The van der Waals surface area contributed by atoms with Gasteiger partial charge in [-0.2, -0.15) is 0 Å². The molecule has 0 amide bonds. The molecule has 0 saturated heterocycles. The summed E-state index contributed by atoms with van der Waals surface area (Å²) in [7, 11) is -8.45. The fourth-order valence-corrected chi connectivity index (χ4v) is 2.91. The topological polar surface area (TPSA) is 165 Å². The van der Waals surface area contributed by atoms with E-state index in [1.165, 1.54) is 0 Å². The van der Waals surface area contributed by atoms with Gasteiger partial charge in [0.1, 0.15) is 5.78 Å². The average molecular weight is 319 g/mol. The Morgan fingerprint density at radius 2 is 1.68 bits per heavy atom. The average Bonchev–Trinajstić information content (AvgIpc) is 2.23. The first-order valence-electron chi connectivity index (χ1n) is 5.91. The molecule has 116 valence electrons. The van der Waals surface area contributed by atoms with Gasteiger partial charge in [0, 0.05) is 32.3 Å². The Hall–Kier alpha value is 0.180. The van der Waals surface area contributed by atoms with Crippen molar-refractivity contribution in [3.05, 3.63) is 0 Å². The molecule has 8 N–H and O–H groups in total. The molecule has 0 aromatic carbocycles. The van der Waals surface area contributed by atoms with Crippen molar-refractivity contribution < 1.29 is 28.7 Å². The largest absolute Gasteiger partial charge is 0.342 e. The first-order valence-corrected chi connectivity index (χ1v) is 9.38. The summed E-state index contributed by atoms with van der Waals surface area (Å²) in [5, 5.41) is 5.64. The van der Waals surface area contributed by atoms with Crippen LogP contribution in [0.2, 0.25) is 0 Å². The molecule has 1 unspecified atom stereocenters. The van der Waals surface area contributed by atoms with Gasteiger partial charge in [0.15, 0.2) is 0 Å². The summed E-state index contributed by atoms with van der Waals surface area (Å²) in [5.74, 6) is -1.08. The fourth-order valence-electron chi connectivity index (χ4n) is 1.43. The van der Waals surface area contributed by atoms with Crippen molar-refractivity contribution in [3.8, 4) is 0 Å². The SMILES string of the molecule is NCCNCCNC(CCCP(=O)(O)O)P(=O)(O)O. The maximum atomic E-state index is 11.2. The summed E-state index contributed by atoms with van der Waals surface area (Å²) >= 11 is 0. The third-order valence-corrected chi connectivity index (χ3v) is 4.49. The third-order valence-electron chi connectivity index (χ3n) is 2.34. The Morgan fingerprint density at radius 1 is 1.05 bits per heavy atom. The summed E-state index contributed by atoms with van der Waals surface area (Å²) in [6.45, 7) is 1.93. The van der Waals surface area contributed by atoms with Crippen LogP contribution in [0.25, 0.3) is 0 Å². The summed E-state index contributed by atoms with van der Waals surface area (Å²) in [4.78, 5) is 35.6. The minimum absolute atomic E-state index is 0.00623. The van der Waals surface area contributed by atoms with Crippen molar-refractivity contribution in [2.75, 3.05) is 32.3 Å². The minimum atomic E-state index is -4.33. The van der Waals surface area contributed by atoms with E-state index in [1.807, 2.05) is 0 Å². The molecule has 1 atom stereocenters. The molecule has 0 fully saturated rings. The van der Waals surface area contributed by atoms with Crippen molar-refractivity contribution in [1.29, 1.82) is 0 Å². The Balaban J connectivity index is 4.04. The van der Waals surface area contributed by atoms with Gasteiger partial charge in [-0.1, -0.05) is 0 Å². The van der Waals surface area contributed by atoms with Crippen LogP contribution < -0.4 is 16.4 Å². The standard InChI is InChI=1S/C8H23N3O6P2/c9-3-4-10-5-6-11-8(19(15,16)17)2-1-7-18(12,13)14/h8,10-11H,1-7,9H2,(H2,12,13,14)(H2,15,16,17). The van der Waals surface area contributed by atoms with E-state index in [-0.39, 0.29) is 19.0 Å². The van der Waals surface area contributed by atoms with Crippen molar-refractivity contribution in [2.24, 2.45) is 5.73 Å². The Kier molecular flexibility index (Phi) is 9.26. The van der Waals surface area contributed by atoms with E-state index in [0.717, 1.165) is 0 Å². The van der Waals surface area contributed by atoms with Gasteiger partial charge in [-0.15, -0.1) is 0 Å². The molecule has 0 aromatic rings. The minimum Gasteiger partial charge on any atom is -0.329 e. The summed E-state index contributed by atoms with van der Waals surface area (Å²) in [5.41, 5.74) is 5.26. The van der Waals surface area contributed by atoms with Crippen LogP contribution >= 0.6 is 15.2 Å². The Morgan fingerprint density at radius 3 is 2.16 bits per heavy atom. The number of hydrogen-bond donors (Lipinski definition) is 7. The highest BCUT2D eigenvalue weighted by molar-refractivity contribution is 7.52. The molecular weight excluding hydrogens is 296 g/mol. The second kappa shape index (κ2) is 9.18. The fraction of sp³-hybridized carbons (Fsp3) is 1.00. The Labute approximate surface area is 112 Å². The molecule has 0 aromatic heterocycles. The van der Waals surface area contributed by atoms with E-state index in [9.17, 15) is 9.13 Å². The molecule has 0 heterocycles. The zero-order valence-electron chi connectivity index (χ0n) is 10.6. The van der Waals surface area contributed by atoms with E-state index in [0.29, 0.717) is 26.2 Å². The highest BCUT2D eigenvalue weighted by Crippen LogP contribution is 2.43. The van der Waals surface area contributed by atoms with E-state index in [1.54, 1.807) is 0 Å². The van der Waals surface area contributed by atoms with Crippen LogP contribution in [-0.4, -0.2) is 57.7 Å². The smallest absolute Gasteiger partial charge is 0.329 e. The number of nitrogens with two attached hydrogens (primary N) is 1. The third kappa shape index (κ3) is 11.7. The van der Waals surface area contributed by atoms with E-state index in [2.05, 4.69) is 10.6 Å². The first kappa shape index (κ1) is 19.2. The molecule has 0 aliphatic rings. The van der Waals surface area contributed by atoms with Crippen LogP contribution in [0.15, 0.2) is 0 Å². The predicted octanol–water partition coefficient (Wildman–Crippen LogP) is -1.41. The monoisotopic (exact) mass is 319 g/mol. The molecule has 19 heavy (non-hydrogen) atoms. The molecule has 0 saturated carbocycles. The van der Waals surface area contributed by atoms with Gasteiger partial charge in [-0.05, 0) is 12.8 Å². The zero-order chi connectivity index (χ0) is 14.9. The summed E-state index contributed by atoms with van der Waals surface area (Å²) < 4.78 is 21.9. The van der Waals surface area contributed by atoms with Gasteiger partial charge in [-0.25, -0.2) is 0 Å². The Bertz CT molecular complexity index is 330. The highest BCUT2D eigenvalue weighted by Gasteiger charge is 2.28. The predicted molar refractivity (Wildman–Crippen MR) is 71.9 cm³/mol. The van der Waals surface area contributed by atoms with Crippen LogP contribution in [-0.2, 0) is 9.13 Å². The lowest BCUT2D eigenvalue weighted by Crippen LogP contribution is -2.36. The molecule has 0 bridgehead atoms. The molecule has 0 rings (SSSR count). The van der Waals surface area contributed by atoms with Crippen molar-refractivity contribution in [2.45, 2.75) is 18.6 Å². The van der Waals surface area contributed by atoms with Gasteiger partial charge in [0.25, 0.3) is 0 Å². The lowest BCUT2D eigenvalue weighted by Gasteiger charge is -2.20. The molecule has 0 aliphatic heterocycles. The summed E-state index contributed by atoms with van der Waals surface area (Å²) in [6.07, 6.45) is -0.327. The van der Waals surface area contributed by atoms with Crippen molar-refractivity contribution in [3.63, 3.8) is 0 Å². The van der Waals surface area contributed by atoms with Crippen LogP contribution in [0.4, 0.5) is 0 Å². The first-order chi connectivity index (χ1) is 8.67. The van der Waals surface area contributed by atoms with Crippen molar-refractivity contribution >= 4 is 15.2 Å². The number of rotatable bonds is 11. The summed E-state index contributed by atoms with van der Waals surface area (Å²) in [6, 6.07) is 0. The van der Waals surface area contributed by atoms with Gasteiger partial charge < -0.3 is 35.9 Å². The zero-order valence-corrected chi connectivity index (χ0v) is 12.4. The van der Waals surface area contributed by atoms with Crippen LogP contribution in [0.5, 0.6) is 0 Å². The van der Waals surface area contributed by atoms with Crippen molar-refractivity contribution in [1.82, 2.24) is 10.6 Å². The lowest BCUT2D eigenvalue weighted by atomic mass is 10.3. The normalized spacial score (nSPS) is 14.6. The van der Waals surface area contributed by atoms with Gasteiger partial charge in [0.2, 0.25) is 0 Å². The van der Waals surface area contributed by atoms with Gasteiger partial charge in [0.05, 0.1) is 0 Å². The maximum Gasteiger partial charge on any atom is 0.342 e. The van der Waals surface area contributed by atoms with Gasteiger partial charge in [-0.3, -0.25) is 9.13 Å². The maximum absolute atomic E-state index is 11.2. The highest BCUT2D eigenvalue weighted by atomic mass is 31.2. The number of hydrogen-bond acceptors (Lipinski definition) is 5.